The molecule has 0 bridgehead atoms. The van der Waals surface area contributed by atoms with E-state index in [9.17, 15) is 14.9 Å². The van der Waals surface area contributed by atoms with Gasteiger partial charge in [0.2, 0.25) is 0 Å². The third-order valence-electron chi connectivity index (χ3n) is 4.76. The van der Waals surface area contributed by atoms with Crippen LogP contribution in [0.25, 0.3) is 0 Å². The third-order valence-corrected chi connectivity index (χ3v) is 4.99. The van der Waals surface area contributed by atoms with E-state index in [2.05, 4.69) is 34.5 Å². The van der Waals surface area contributed by atoms with Crippen LogP contribution in [0.1, 0.15) is 35.2 Å². The molecule has 27 heavy (non-hydrogen) atoms. The number of carbonyl (C=O) groups excluding carboxylic acids is 1. The summed E-state index contributed by atoms with van der Waals surface area (Å²) in [6.07, 6.45) is 4.44. The molecule has 0 spiro atoms. The molecule has 2 aromatic rings. The molecule has 0 radical (unpaired) electrons. The van der Waals surface area contributed by atoms with Crippen LogP contribution in [0.15, 0.2) is 42.5 Å². The Labute approximate surface area is 163 Å². The van der Waals surface area contributed by atoms with Crippen molar-refractivity contribution in [3.05, 3.63) is 68.7 Å². The predicted octanol–water partition coefficient (Wildman–Crippen LogP) is 4.21. The van der Waals surface area contributed by atoms with Gasteiger partial charge in [0.05, 0.1) is 4.92 Å². The highest BCUT2D eigenvalue weighted by Crippen LogP contribution is 2.23. The number of benzene rings is 2. The lowest BCUT2D eigenvalue weighted by Gasteiger charge is -2.28. The Hall–Kier alpha value is -2.60. The number of carbonyl (C=O) groups is 1. The Morgan fingerprint density at radius 2 is 1.81 bits per heavy atom. The van der Waals surface area contributed by atoms with Crippen LogP contribution in [0.2, 0.25) is 5.02 Å². The fourth-order valence-electron chi connectivity index (χ4n) is 3.29. The smallest absolute Gasteiger partial charge is 0.282 e. The summed E-state index contributed by atoms with van der Waals surface area (Å²) in [5.41, 5.74) is 2.07. The Bertz CT molecular complexity index is 818. The second-order valence-electron chi connectivity index (χ2n) is 6.64. The largest absolute Gasteiger partial charge is 0.372 e. The first-order valence-electron chi connectivity index (χ1n) is 9.10. The van der Waals surface area contributed by atoms with Crippen molar-refractivity contribution in [3.8, 4) is 0 Å². The number of halogens is 1. The van der Waals surface area contributed by atoms with Gasteiger partial charge in [-0.05, 0) is 55.5 Å². The first-order valence-corrected chi connectivity index (χ1v) is 9.48. The maximum Gasteiger partial charge on any atom is 0.282 e. The summed E-state index contributed by atoms with van der Waals surface area (Å²) in [5, 5.41) is 14.1. The molecule has 1 saturated heterocycles. The van der Waals surface area contributed by atoms with Crippen molar-refractivity contribution in [1.29, 1.82) is 0 Å². The zero-order valence-corrected chi connectivity index (χ0v) is 15.7. The second kappa shape index (κ2) is 8.86. The van der Waals surface area contributed by atoms with Gasteiger partial charge in [-0.3, -0.25) is 14.9 Å². The number of nitro benzene ring substituents is 1. The number of hydrogen-bond acceptors (Lipinski definition) is 4. The van der Waals surface area contributed by atoms with Crippen LogP contribution in [0, 0.1) is 10.1 Å². The maximum atomic E-state index is 12.3. The zero-order valence-electron chi connectivity index (χ0n) is 15.0. The minimum absolute atomic E-state index is 0.0204. The van der Waals surface area contributed by atoms with Crippen molar-refractivity contribution < 1.29 is 9.72 Å². The van der Waals surface area contributed by atoms with E-state index >= 15 is 0 Å². The van der Waals surface area contributed by atoms with Gasteiger partial charge in [0.15, 0.2) is 0 Å². The number of piperidine rings is 1. The average molecular weight is 388 g/mol. The van der Waals surface area contributed by atoms with Crippen molar-refractivity contribution in [3.63, 3.8) is 0 Å². The van der Waals surface area contributed by atoms with Crippen molar-refractivity contribution in [2.45, 2.75) is 25.7 Å². The van der Waals surface area contributed by atoms with Crippen molar-refractivity contribution in [2.24, 2.45) is 0 Å². The summed E-state index contributed by atoms with van der Waals surface area (Å²) in [4.78, 5) is 25.2. The number of hydrogen-bond donors (Lipinski definition) is 1. The van der Waals surface area contributed by atoms with Gasteiger partial charge in [0.1, 0.15) is 5.56 Å². The van der Waals surface area contributed by atoms with E-state index in [1.165, 1.54) is 43.1 Å². The van der Waals surface area contributed by atoms with E-state index in [4.69, 9.17) is 11.6 Å². The van der Waals surface area contributed by atoms with Gasteiger partial charge in [-0.1, -0.05) is 23.7 Å². The minimum atomic E-state index is -0.579. The molecule has 1 N–H and O–H groups in total. The molecular weight excluding hydrogens is 366 g/mol. The summed E-state index contributed by atoms with van der Waals surface area (Å²) >= 11 is 5.87. The standard InChI is InChI=1S/C20H22ClN3O3/c21-16-6-9-19(24(26)27)18(14-16)20(25)22-11-10-15-4-7-17(8-5-15)23-12-2-1-3-13-23/h4-9,14H,1-3,10-13H2,(H,22,25). The van der Waals surface area contributed by atoms with Gasteiger partial charge in [-0.15, -0.1) is 0 Å². The quantitative estimate of drug-likeness (QED) is 0.595. The van der Waals surface area contributed by atoms with Gasteiger partial charge < -0.3 is 10.2 Å². The van der Waals surface area contributed by atoms with E-state index in [-0.39, 0.29) is 11.3 Å². The monoisotopic (exact) mass is 387 g/mol. The number of anilines is 1. The lowest BCUT2D eigenvalue weighted by atomic mass is 10.1. The molecule has 3 rings (SSSR count). The number of rotatable bonds is 6. The van der Waals surface area contributed by atoms with Crippen molar-refractivity contribution >= 4 is 28.9 Å². The summed E-state index contributed by atoms with van der Waals surface area (Å²) in [7, 11) is 0. The number of nitrogens with one attached hydrogen (secondary N) is 1. The molecule has 0 atom stereocenters. The Morgan fingerprint density at radius 3 is 2.48 bits per heavy atom. The molecule has 1 aliphatic heterocycles. The normalized spacial score (nSPS) is 14.0. The predicted molar refractivity (Wildman–Crippen MR) is 107 cm³/mol. The lowest BCUT2D eigenvalue weighted by molar-refractivity contribution is -0.385. The first kappa shape index (κ1) is 19.2. The summed E-state index contributed by atoms with van der Waals surface area (Å²) in [6, 6.07) is 12.3. The molecule has 1 aliphatic rings. The Balaban J connectivity index is 1.56. The van der Waals surface area contributed by atoms with Crippen molar-refractivity contribution in [1.82, 2.24) is 5.32 Å². The zero-order chi connectivity index (χ0) is 19.2. The fraction of sp³-hybridized carbons (Fsp3) is 0.350. The third kappa shape index (κ3) is 4.98. The molecule has 2 aromatic carbocycles. The molecule has 0 aromatic heterocycles. The molecule has 142 valence electrons. The van der Waals surface area contributed by atoms with E-state index < -0.39 is 10.8 Å². The van der Waals surface area contributed by atoms with Crippen LogP contribution < -0.4 is 10.2 Å². The molecule has 0 saturated carbocycles. The summed E-state index contributed by atoms with van der Waals surface area (Å²) in [6.45, 7) is 2.60. The van der Waals surface area contributed by atoms with Gasteiger partial charge in [-0.2, -0.15) is 0 Å². The van der Waals surface area contributed by atoms with Gasteiger partial charge in [0.25, 0.3) is 11.6 Å². The Morgan fingerprint density at radius 1 is 1.11 bits per heavy atom. The molecular formula is C20H22ClN3O3. The highest BCUT2D eigenvalue weighted by atomic mass is 35.5. The molecule has 1 fully saturated rings. The van der Waals surface area contributed by atoms with Gasteiger partial charge >= 0.3 is 0 Å². The van der Waals surface area contributed by atoms with Crippen LogP contribution in [-0.2, 0) is 6.42 Å². The lowest BCUT2D eigenvalue weighted by Crippen LogP contribution is -2.29. The molecule has 7 heteroatoms. The average Bonchev–Trinajstić information content (AvgIpc) is 2.69. The van der Waals surface area contributed by atoms with Crippen LogP contribution >= 0.6 is 11.6 Å². The SMILES string of the molecule is O=C(NCCc1ccc(N2CCCCC2)cc1)c1cc(Cl)ccc1[N+](=O)[O-]. The number of amides is 1. The highest BCUT2D eigenvalue weighted by Gasteiger charge is 2.20. The topological polar surface area (TPSA) is 75.5 Å². The highest BCUT2D eigenvalue weighted by molar-refractivity contribution is 6.31. The van der Waals surface area contributed by atoms with E-state index in [1.807, 2.05) is 0 Å². The number of nitrogens with zero attached hydrogens (tertiary/aromatic N) is 2. The Kier molecular flexibility index (Phi) is 6.29. The first-order chi connectivity index (χ1) is 13.0. The molecule has 0 aliphatic carbocycles. The van der Waals surface area contributed by atoms with Crippen LogP contribution in [-0.4, -0.2) is 30.5 Å². The van der Waals surface area contributed by atoms with Gasteiger partial charge in [0, 0.05) is 36.4 Å². The number of nitro groups is 1. The summed E-state index contributed by atoms with van der Waals surface area (Å²) < 4.78 is 0. The van der Waals surface area contributed by atoms with Crippen LogP contribution in [0.3, 0.4) is 0 Å². The molecule has 0 unspecified atom stereocenters. The van der Waals surface area contributed by atoms with Crippen molar-refractivity contribution in [2.75, 3.05) is 24.5 Å². The van der Waals surface area contributed by atoms with E-state index in [0.29, 0.717) is 18.0 Å². The van der Waals surface area contributed by atoms with E-state index in [0.717, 1.165) is 18.7 Å². The molecule has 1 amide bonds. The second-order valence-corrected chi connectivity index (χ2v) is 7.08. The molecule has 1 heterocycles. The molecule has 6 nitrogen and oxygen atoms in total. The summed E-state index contributed by atoms with van der Waals surface area (Å²) in [5.74, 6) is -0.492. The van der Waals surface area contributed by atoms with Crippen LogP contribution in [0.5, 0.6) is 0 Å². The van der Waals surface area contributed by atoms with E-state index in [1.54, 1.807) is 0 Å². The minimum Gasteiger partial charge on any atom is -0.372 e. The maximum absolute atomic E-state index is 12.3. The van der Waals surface area contributed by atoms with Crippen LogP contribution in [0.4, 0.5) is 11.4 Å². The van der Waals surface area contributed by atoms with Gasteiger partial charge in [-0.25, -0.2) is 0 Å². The fourth-order valence-corrected chi connectivity index (χ4v) is 3.46.